The van der Waals surface area contributed by atoms with Crippen molar-refractivity contribution in [3.8, 4) is 0 Å². The Morgan fingerprint density at radius 2 is 2.10 bits per heavy atom. The molecule has 0 aliphatic rings. The van der Waals surface area contributed by atoms with Gasteiger partial charge in [0.25, 0.3) is 0 Å². The number of halogens is 1. The first kappa shape index (κ1) is 14.0. The third-order valence-electron chi connectivity index (χ3n) is 3.30. The van der Waals surface area contributed by atoms with Gasteiger partial charge in [0, 0.05) is 11.4 Å². The summed E-state index contributed by atoms with van der Waals surface area (Å²) < 4.78 is 15.1. The second kappa shape index (κ2) is 5.32. The summed E-state index contributed by atoms with van der Waals surface area (Å²) in [6, 6.07) is 4.05. The number of aromatic nitrogens is 2. The van der Waals surface area contributed by atoms with E-state index < -0.39 is 5.82 Å². The van der Waals surface area contributed by atoms with Crippen LogP contribution in [0.15, 0.2) is 18.2 Å². The number of hydrogen-bond acceptors (Lipinski definition) is 3. The van der Waals surface area contributed by atoms with Crippen molar-refractivity contribution >= 4 is 17.3 Å². The quantitative estimate of drug-likeness (QED) is 0.844. The Kier molecular flexibility index (Phi) is 3.74. The lowest BCUT2D eigenvalue weighted by atomic mass is 10.2. The molecule has 3 N–H and O–H groups in total. The van der Waals surface area contributed by atoms with Crippen LogP contribution in [0.5, 0.6) is 0 Å². The van der Waals surface area contributed by atoms with Crippen molar-refractivity contribution in [2.45, 2.75) is 27.3 Å². The number of nitrogens with two attached hydrogens (primary N) is 1. The van der Waals surface area contributed by atoms with E-state index in [1.165, 1.54) is 18.2 Å². The fourth-order valence-corrected chi connectivity index (χ4v) is 1.90. The summed E-state index contributed by atoms with van der Waals surface area (Å²) in [5, 5.41) is 6.77. The fraction of sp³-hybridized carbons (Fsp3) is 0.286. The summed E-state index contributed by atoms with van der Waals surface area (Å²) in [6.45, 7) is 5.76. The molecule has 0 saturated carbocycles. The summed E-state index contributed by atoms with van der Waals surface area (Å²) in [4.78, 5) is 11.9. The number of nitrogens with one attached hydrogen (secondary N) is 1. The van der Waals surface area contributed by atoms with Crippen LogP contribution in [0.4, 0.5) is 15.8 Å². The highest BCUT2D eigenvalue weighted by Crippen LogP contribution is 2.17. The molecule has 0 fully saturated rings. The normalized spacial score (nSPS) is 10.6. The Bertz CT molecular complexity index is 663. The summed E-state index contributed by atoms with van der Waals surface area (Å²) in [6.07, 6.45) is 0. The summed E-state index contributed by atoms with van der Waals surface area (Å²) in [5.74, 6) is -0.864. The van der Waals surface area contributed by atoms with Crippen LogP contribution in [0.3, 0.4) is 0 Å². The lowest BCUT2D eigenvalue weighted by molar-refractivity contribution is -0.117. The maximum atomic E-state index is 13.5. The van der Waals surface area contributed by atoms with Gasteiger partial charge in [-0.3, -0.25) is 9.48 Å². The van der Waals surface area contributed by atoms with E-state index >= 15 is 0 Å². The monoisotopic (exact) mass is 276 g/mol. The van der Waals surface area contributed by atoms with Crippen LogP contribution in [-0.4, -0.2) is 15.7 Å². The van der Waals surface area contributed by atoms with E-state index in [0.717, 1.165) is 17.0 Å². The first-order valence-corrected chi connectivity index (χ1v) is 6.24. The Morgan fingerprint density at radius 1 is 1.40 bits per heavy atom. The third kappa shape index (κ3) is 2.79. The van der Waals surface area contributed by atoms with Gasteiger partial charge in [0.1, 0.15) is 12.4 Å². The largest absolute Gasteiger partial charge is 0.399 e. The van der Waals surface area contributed by atoms with Gasteiger partial charge in [0.15, 0.2) is 0 Å². The van der Waals surface area contributed by atoms with Crippen molar-refractivity contribution in [1.82, 2.24) is 9.78 Å². The first-order valence-electron chi connectivity index (χ1n) is 6.24. The Labute approximate surface area is 116 Å². The van der Waals surface area contributed by atoms with Crippen molar-refractivity contribution in [3.05, 3.63) is 41.0 Å². The van der Waals surface area contributed by atoms with E-state index in [-0.39, 0.29) is 18.1 Å². The maximum absolute atomic E-state index is 13.5. The van der Waals surface area contributed by atoms with Crippen molar-refractivity contribution < 1.29 is 9.18 Å². The third-order valence-corrected chi connectivity index (χ3v) is 3.30. The van der Waals surface area contributed by atoms with Gasteiger partial charge in [-0.05, 0) is 44.5 Å². The van der Waals surface area contributed by atoms with E-state index in [0.29, 0.717) is 5.69 Å². The van der Waals surface area contributed by atoms with Gasteiger partial charge in [0.05, 0.1) is 11.4 Å². The molecule has 1 aromatic carbocycles. The highest BCUT2D eigenvalue weighted by Gasteiger charge is 2.12. The molecule has 0 saturated heterocycles. The molecule has 0 aliphatic carbocycles. The molecular weight excluding hydrogens is 259 g/mol. The van der Waals surface area contributed by atoms with Crippen molar-refractivity contribution in [2.24, 2.45) is 0 Å². The number of rotatable bonds is 3. The molecule has 2 rings (SSSR count). The van der Waals surface area contributed by atoms with Crippen molar-refractivity contribution in [1.29, 1.82) is 0 Å². The van der Waals surface area contributed by atoms with Crippen LogP contribution in [0.2, 0.25) is 0 Å². The van der Waals surface area contributed by atoms with Gasteiger partial charge < -0.3 is 11.1 Å². The molecule has 5 nitrogen and oxygen atoms in total. The van der Waals surface area contributed by atoms with E-state index in [2.05, 4.69) is 10.4 Å². The molecule has 0 unspecified atom stereocenters. The molecule has 20 heavy (non-hydrogen) atoms. The maximum Gasteiger partial charge on any atom is 0.246 e. The second-order valence-electron chi connectivity index (χ2n) is 4.74. The van der Waals surface area contributed by atoms with E-state index in [1.54, 1.807) is 4.68 Å². The number of anilines is 2. The zero-order valence-electron chi connectivity index (χ0n) is 11.7. The highest BCUT2D eigenvalue weighted by molar-refractivity contribution is 5.91. The van der Waals surface area contributed by atoms with Crippen LogP contribution >= 0.6 is 0 Å². The Balaban J connectivity index is 2.13. The average molecular weight is 276 g/mol. The molecule has 1 heterocycles. The minimum absolute atomic E-state index is 0.0365. The molecule has 1 aromatic heterocycles. The van der Waals surface area contributed by atoms with E-state index in [4.69, 9.17) is 5.73 Å². The fourth-order valence-electron chi connectivity index (χ4n) is 1.90. The van der Waals surface area contributed by atoms with Crippen LogP contribution in [0, 0.1) is 26.6 Å². The summed E-state index contributed by atoms with van der Waals surface area (Å²) in [7, 11) is 0. The Morgan fingerprint density at radius 3 is 2.70 bits per heavy atom. The highest BCUT2D eigenvalue weighted by atomic mass is 19.1. The molecule has 2 aromatic rings. The lowest BCUT2D eigenvalue weighted by Gasteiger charge is -2.08. The smallest absolute Gasteiger partial charge is 0.246 e. The van der Waals surface area contributed by atoms with E-state index in [1.807, 2.05) is 20.8 Å². The number of nitrogens with zero attached hydrogens (tertiary/aromatic N) is 2. The van der Waals surface area contributed by atoms with E-state index in [9.17, 15) is 9.18 Å². The molecule has 1 amide bonds. The summed E-state index contributed by atoms with van der Waals surface area (Å²) >= 11 is 0. The Hall–Kier alpha value is -2.37. The SMILES string of the molecule is Cc1nn(CC(=O)Nc2cc(N)ccc2F)c(C)c1C. The predicted octanol–water partition coefficient (Wildman–Crippen LogP) is 2.17. The van der Waals surface area contributed by atoms with Gasteiger partial charge in [-0.15, -0.1) is 0 Å². The number of carbonyl (C=O) groups is 1. The average Bonchev–Trinajstić information content (AvgIpc) is 2.61. The van der Waals surface area contributed by atoms with Gasteiger partial charge >= 0.3 is 0 Å². The van der Waals surface area contributed by atoms with Crippen molar-refractivity contribution in [2.75, 3.05) is 11.1 Å². The van der Waals surface area contributed by atoms with Crippen molar-refractivity contribution in [3.63, 3.8) is 0 Å². The lowest BCUT2D eigenvalue weighted by Crippen LogP contribution is -2.21. The zero-order valence-corrected chi connectivity index (χ0v) is 11.7. The van der Waals surface area contributed by atoms with Gasteiger partial charge in [0.2, 0.25) is 5.91 Å². The molecule has 0 bridgehead atoms. The molecule has 0 radical (unpaired) electrons. The summed E-state index contributed by atoms with van der Waals surface area (Å²) in [5.41, 5.74) is 8.89. The van der Waals surface area contributed by atoms with Gasteiger partial charge in [-0.1, -0.05) is 0 Å². The van der Waals surface area contributed by atoms with Gasteiger partial charge in [-0.25, -0.2) is 4.39 Å². The molecular formula is C14H17FN4O. The molecule has 0 spiro atoms. The topological polar surface area (TPSA) is 72.9 Å². The number of nitrogen functional groups attached to an aromatic ring is 1. The minimum Gasteiger partial charge on any atom is -0.399 e. The number of amides is 1. The number of hydrogen-bond donors (Lipinski definition) is 2. The van der Waals surface area contributed by atoms with Crippen LogP contribution < -0.4 is 11.1 Å². The number of carbonyl (C=O) groups excluding carboxylic acids is 1. The first-order chi connectivity index (χ1) is 9.38. The zero-order chi connectivity index (χ0) is 14.9. The number of benzene rings is 1. The minimum atomic E-state index is -0.517. The molecule has 0 aliphatic heterocycles. The van der Waals surface area contributed by atoms with Crippen LogP contribution in [0.25, 0.3) is 0 Å². The second-order valence-corrected chi connectivity index (χ2v) is 4.74. The molecule has 106 valence electrons. The predicted molar refractivity (Wildman–Crippen MR) is 75.9 cm³/mol. The molecule has 6 heteroatoms. The van der Waals surface area contributed by atoms with Gasteiger partial charge in [-0.2, -0.15) is 5.10 Å². The molecule has 0 atom stereocenters. The van der Waals surface area contributed by atoms with Crippen LogP contribution in [-0.2, 0) is 11.3 Å². The standard InChI is InChI=1S/C14H17FN4O/c1-8-9(2)18-19(10(8)3)7-14(20)17-13-6-11(16)4-5-12(13)15/h4-6H,7,16H2,1-3H3,(H,17,20). The van der Waals surface area contributed by atoms with Crippen LogP contribution in [0.1, 0.15) is 17.0 Å². The number of aryl methyl sites for hydroxylation is 1.